The normalized spacial score (nSPS) is 11.2. The van der Waals surface area contributed by atoms with Gasteiger partial charge < -0.3 is 5.01 Å². The van der Waals surface area contributed by atoms with Gasteiger partial charge >= 0.3 is 0 Å². The lowest BCUT2D eigenvalue weighted by molar-refractivity contribution is 0.211. The van der Waals surface area contributed by atoms with Gasteiger partial charge in [-0.2, -0.15) is 4.41 Å². The molecule has 9 heavy (non-hydrogen) atoms. The van der Waals surface area contributed by atoms with E-state index in [2.05, 4.69) is 0 Å². The van der Waals surface area contributed by atoms with Crippen molar-refractivity contribution in [3.05, 3.63) is 12.3 Å². The summed E-state index contributed by atoms with van der Waals surface area (Å²) in [5, 5.41) is 2.02. The summed E-state index contributed by atoms with van der Waals surface area (Å²) in [6.07, 6.45) is 6.06. The highest BCUT2D eigenvalue weighted by Crippen LogP contribution is 2.03. The van der Waals surface area contributed by atoms with Gasteiger partial charge in [-0.1, -0.05) is 18.0 Å². The topological polar surface area (TPSA) is 6.48 Å². The Bertz CT molecular complexity index is 93.1. The van der Waals surface area contributed by atoms with Gasteiger partial charge in [-0.05, 0) is 13.2 Å². The van der Waals surface area contributed by atoms with Gasteiger partial charge in [-0.15, -0.1) is 0 Å². The molecule has 3 heteroatoms. The maximum absolute atomic E-state index is 2.04. The minimum absolute atomic E-state index is 1.68. The maximum atomic E-state index is 2.04. The fraction of sp³-hybridized carbons (Fsp3) is 0.667. The molecular formula is C6H14N2S. The molecule has 0 aliphatic heterocycles. The molecule has 54 valence electrons. The SMILES string of the molecule is C/C=C\N(C)N(C)SC. The van der Waals surface area contributed by atoms with Crippen LogP contribution in [0, 0.1) is 0 Å². The molecule has 0 aromatic rings. The van der Waals surface area contributed by atoms with E-state index >= 15 is 0 Å². The second-order valence-electron chi connectivity index (χ2n) is 1.70. The third-order valence-corrected chi connectivity index (χ3v) is 1.86. The van der Waals surface area contributed by atoms with E-state index < -0.39 is 0 Å². The molecule has 0 aliphatic carbocycles. The lowest BCUT2D eigenvalue weighted by Crippen LogP contribution is -2.25. The average molecular weight is 146 g/mol. The summed E-state index contributed by atoms with van der Waals surface area (Å²) >= 11 is 1.68. The quantitative estimate of drug-likeness (QED) is 0.441. The van der Waals surface area contributed by atoms with Crippen molar-refractivity contribution in [3.8, 4) is 0 Å². The van der Waals surface area contributed by atoms with E-state index in [4.69, 9.17) is 0 Å². The lowest BCUT2D eigenvalue weighted by Gasteiger charge is -2.23. The van der Waals surface area contributed by atoms with Crippen molar-refractivity contribution in [1.29, 1.82) is 0 Å². The Morgan fingerprint density at radius 1 is 1.33 bits per heavy atom. The summed E-state index contributed by atoms with van der Waals surface area (Å²) in [6, 6.07) is 0. The molecule has 0 aliphatic rings. The van der Waals surface area contributed by atoms with E-state index in [1.807, 2.05) is 49.0 Å². The molecule has 0 N–H and O–H groups in total. The highest BCUT2D eigenvalue weighted by molar-refractivity contribution is 7.96. The smallest absolute Gasteiger partial charge is 0.0236 e. The number of hydrazine groups is 1. The molecule has 0 aromatic carbocycles. The molecule has 2 nitrogen and oxygen atoms in total. The van der Waals surface area contributed by atoms with E-state index in [9.17, 15) is 0 Å². The van der Waals surface area contributed by atoms with Crippen molar-refractivity contribution < 1.29 is 0 Å². The molecule has 0 saturated carbocycles. The molecule has 0 amide bonds. The monoisotopic (exact) mass is 146 g/mol. The predicted octanol–water partition coefficient (Wildman–Crippen LogP) is 1.58. The van der Waals surface area contributed by atoms with Crippen molar-refractivity contribution in [3.63, 3.8) is 0 Å². The Balaban J connectivity index is 3.58. The van der Waals surface area contributed by atoms with Crippen LogP contribution < -0.4 is 0 Å². The van der Waals surface area contributed by atoms with Gasteiger partial charge in [0.25, 0.3) is 0 Å². The Labute approximate surface area is 61.6 Å². The summed E-state index contributed by atoms with van der Waals surface area (Å²) in [5.41, 5.74) is 0. The zero-order valence-corrected chi connectivity index (χ0v) is 7.27. The highest BCUT2D eigenvalue weighted by atomic mass is 32.2. The van der Waals surface area contributed by atoms with Gasteiger partial charge in [-0.3, -0.25) is 0 Å². The van der Waals surface area contributed by atoms with Crippen molar-refractivity contribution >= 4 is 11.9 Å². The Morgan fingerprint density at radius 3 is 2.22 bits per heavy atom. The van der Waals surface area contributed by atoms with Crippen LogP contribution in [0.4, 0.5) is 0 Å². The first-order valence-corrected chi connectivity index (χ1v) is 4.04. The summed E-state index contributed by atoms with van der Waals surface area (Å²) < 4.78 is 2.04. The fourth-order valence-electron chi connectivity index (χ4n) is 0.438. The summed E-state index contributed by atoms with van der Waals surface area (Å²) in [7, 11) is 4.03. The third kappa shape index (κ3) is 3.43. The molecule has 0 radical (unpaired) electrons. The van der Waals surface area contributed by atoms with Gasteiger partial charge in [0, 0.05) is 20.3 Å². The van der Waals surface area contributed by atoms with Gasteiger partial charge in [0.2, 0.25) is 0 Å². The number of hydrogen-bond acceptors (Lipinski definition) is 3. The minimum atomic E-state index is 1.68. The Hall–Kier alpha value is -0.150. The van der Waals surface area contributed by atoms with E-state index in [0.29, 0.717) is 0 Å². The first kappa shape index (κ1) is 8.85. The number of nitrogens with zero attached hydrogens (tertiary/aromatic N) is 2. The lowest BCUT2D eigenvalue weighted by atomic mass is 10.7. The predicted molar refractivity (Wildman–Crippen MR) is 43.9 cm³/mol. The molecule has 0 rings (SSSR count). The van der Waals surface area contributed by atoms with Crippen LogP contribution in [0.1, 0.15) is 6.92 Å². The number of allylic oxidation sites excluding steroid dienone is 1. The van der Waals surface area contributed by atoms with Crippen molar-refractivity contribution in [2.45, 2.75) is 6.92 Å². The van der Waals surface area contributed by atoms with Crippen LogP contribution in [-0.2, 0) is 0 Å². The van der Waals surface area contributed by atoms with Crippen LogP contribution in [0.15, 0.2) is 12.3 Å². The van der Waals surface area contributed by atoms with Gasteiger partial charge in [0.15, 0.2) is 0 Å². The van der Waals surface area contributed by atoms with Gasteiger partial charge in [-0.25, -0.2) is 0 Å². The van der Waals surface area contributed by atoms with Crippen LogP contribution in [0.3, 0.4) is 0 Å². The van der Waals surface area contributed by atoms with E-state index in [0.717, 1.165) is 0 Å². The van der Waals surface area contributed by atoms with Gasteiger partial charge in [0.05, 0.1) is 0 Å². The fourth-order valence-corrected chi connectivity index (χ4v) is 0.750. The number of rotatable bonds is 3. The zero-order chi connectivity index (χ0) is 7.28. The Morgan fingerprint density at radius 2 is 1.89 bits per heavy atom. The van der Waals surface area contributed by atoms with E-state index in [-0.39, 0.29) is 0 Å². The average Bonchev–Trinajstić information content (AvgIpc) is 1.87. The minimum Gasteiger partial charge on any atom is -0.307 e. The second kappa shape index (κ2) is 4.70. The number of hydrogen-bond donors (Lipinski definition) is 0. The molecule has 0 unspecified atom stereocenters. The van der Waals surface area contributed by atoms with Crippen molar-refractivity contribution in [2.75, 3.05) is 20.4 Å². The van der Waals surface area contributed by atoms with Crippen LogP contribution in [0.5, 0.6) is 0 Å². The molecule has 0 atom stereocenters. The highest BCUT2D eigenvalue weighted by Gasteiger charge is 1.94. The van der Waals surface area contributed by atoms with Gasteiger partial charge in [0.1, 0.15) is 0 Å². The van der Waals surface area contributed by atoms with Crippen LogP contribution in [0.2, 0.25) is 0 Å². The molecule has 0 saturated heterocycles. The molecule has 0 spiro atoms. The van der Waals surface area contributed by atoms with Crippen LogP contribution in [-0.4, -0.2) is 29.8 Å². The third-order valence-electron chi connectivity index (χ3n) is 1.07. The molecule has 0 aromatic heterocycles. The van der Waals surface area contributed by atoms with E-state index in [1.165, 1.54) is 0 Å². The van der Waals surface area contributed by atoms with Crippen molar-refractivity contribution in [2.24, 2.45) is 0 Å². The standard InChI is InChI=1S/C6H14N2S/c1-5-6-7(2)8(3)9-4/h5-6H,1-4H3/b6-5-. The van der Waals surface area contributed by atoms with Crippen LogP contribution in [0.25, 0.3) is 0 Å². The van der Waals surface area contributed by atoms with E-state index in [1.54, 1.807) is 11.9 Å². The zero-order valence-electron chi connectivity index (χ0n) is 6.46. The summed E-state index contributed by atoms with van der Waals surface area (Å²) in [4.78, 5) is 0. The maximum Gasteiger partial charge on any atom is 0.0236 e. The molecule has 0 fully saturated rings. The first-order chi connectivity index (χ1) is 4.22. The summed E-state index contributed by atoms with van der Waals surface area (Å²) in [5.74, 6) is 0. The van der Waals surface area contributed by atoms with Crippen LogP contribution >= 0.6 is 11.9 Å². The molecule has 0 bridgehead atoms. The Kier molecular flexibility index (Phi) is 4.62. The molecular weight excluding hydrogens is 132 g/mol. The largest absolute Gasteiger partial charge is 0.307 e. The second-order valence-corrected chi connectivity index (χ2v) is 2.60. The molecule has 0 heterocycles. The summed E-state index contributed by atoms with van der Waals surface area (Å²) in [6.45, 7) is 2.00. The van der Waals surface area contributed by atoms with Crippen molar-refractivity contribution in [1.82, 2.24) is 9.42 Å². The first-order valence-electron chi connectivity index (χ1n) is 2.85.